The van der Waals surface area contributed by atoms with Crippen LogP contribution in [0.3, 0.4) is 0 Å². The molecule has 2 aromatic carbocycles. The Kier molecular flexibility index (Phi) is 4.58. The normalized spacial score (nSPS) is 14.1. The highest BCUT2D eigenvalue weighted by Crippen LogP contribution is 2.31. The zero-order chi connectivity index (χ0) is 12.8. The van der Waals surface area contributed by atoms with Crippen molar-refractivity contribution in [3.63, 3.8) is 0 Å². The van der Waals surface area contributed by atoms with Crippen molar-refractivity contribution in [3.8, 4) is 0 Å². The number of rotatable bonds is 5. The summed E-state index contributed by atoms with van der Waals surface area (Å²) in [5.74, 6) is 1.14. The molecule has 0 N–H and O–H groups in total. The average Bonchev–Trinajstić information content (AvgIpc) is 2.46. The molecule has 93 valence electrons. The van der Waals surface area contributed by atoms with Gasteiger partial charge in [-0.15, -0.1) is 0 Å². The van der Waals surface area contributed by atoms with Crippen LogP contribution in [0.2, 0.25) is 0 Å². The van der Waals surface area contributed by atoms with Crippen molar-refractivity contribution in [2.45, 2.75) is 31.6 Å². The van der Waals surface area contributed by atoms with Gasteiger partial charge in [0.25, 0.3) is 0 Å². The topological polar surface area (TPSA) is 0 Å². The van der Waals surface area contributed by atoms with Crippen LogP contribution in [0.25, 0.3) is 0 Å². The lowest BCUT2D eigenvalue weighted by atomic mass is 9.85. The van der Waals surface area contributed by atoms with E-state index in [4.69, 9.17) is 0 Å². The third-order valence-corrected chi connectivity index (χ3v) is 3.63. The van der Waals surface area contributed by atoms with E-state index in [0.29, 0.717) is 11.8 Å². The molecule has 0 nitrogen and oxygen atoms in total. The third-order valence-electron chi connectivity index (χ3n) is 3.63. The van der Waals surface area contributed by atoms with Crippen LogP contribution in [0.1, 0.15) is 42.7 Å². The van der Waals surface area contributed by atoms with E-state index in [1.807, 2.05) is 0 Å². The summed E-state index contributed by atoms with van der Waals surface area (Å²) in [6.45, 7) is 6.42. The molecule has 0 fully saturated rings. The van der Waals surface area contributed by atoms with Crippen LogP contribution >= 0.6 is 0 Å². The second-order valence-corrected chi connectivity index (χ2v) is 4.94. The van der Waals surface area contributed by atoms with Gasteiger partial charge in [0.15, 0.2) is 0 Å². The van der Waals surface area contributed by atoms with Gasteiger partial charge in [-0.25, -0.2) is 0 Å². The van der Waals surface area contributed by atoms with Crippen LogP contribution in [0.15, 0.2) is 60.7 Å². The second kappa shape index (κ2) is 6.39. The highest BCUT2D eigenvalue weighted by atomic mass is 14.2. The minimum Gasteiger partial charge on any atom is -0.0622 e. The Hall–Kier alpha value is -1.56. The average molecular weight is 237 g/mol. The van der Waals surface area contributed by atoms with E-state index in [2.05, 4.69) is 74.5 Å². The van der Waals surface area contributed by atoms with E-state index in [1.165, 1.54) is 11.1 Å². The van der Waals surface area contributed by atoms with Crippen LogP contribution < -0.4 is 0 Å². The molecule has 0 aromatic heterocycles. The van der Waals surface area contributed by atoms with Crippen LogP contribution in [0.5, 0.6) is 0 Å². The molecule has 2 unspecified atom stereocenters. The lowest BCUT2D eigenvalue weighted by molar-refractivity contribution is 0.561. The molecule has 0 aliphatic carbocycles. The predicted molar refractivity (Wildman–Crippen MR) is 78.6 cm³/mol. The van der Waals surface area contributed by atoms with Crippen molar-refractivity contribution in [2.75, 3.05) is 0 Å². The highest BCUT2D eigenvalue weighted by Gasteiger charge is 2.14. The maximum absolute atomic E-state index is 4.11. The maximum Gasteiger partial charge on any atom is -0.0156 e. The fourth-order valence-corrected chi connectivity index (χ4v) is 2.49. The first kappa shape index (κ1) is 12.9. The Balaban J connectivity index is 2.07. The lowest BCUT2D eigenvalue weighted by Crippen LogP contribution is -2.03. The molecule has 0 aliphatic rings. The molecule has 0 saturated heterocycles. The summed E-state index contributed by atoms with van der Waals surface area (Å²) in [5.41, 5.74) is 2.84. The molecule has 0 saturated carbocycles. The predicted octanol–water partition coefficient (Wildman–Crippen LogP) is 5.19. The van der Waals surface area contributed by atoms with Gasteiger partial charge in [0.1, 0.15) is 0 Å². The molecule has 0 aliphatic heterocycles. The standard InChI is InChI=1S/C18H21/c1-3-16(18-12-8-5-9-13-18)14-15(2)17-10-6-4-7-11-17/h4-13,15-16H,1,3,14H2,2H3. The van der Waals surface area contributed by atoms with Gasteiger partial charge in [-0.2, -0.15) is 0 Å². The molecule has 0 bridgehead atoms. The Bertz CT molecular complexity index is 444. The van der Waals surface area contributed by atoms with Crippen LogP contribution in [0.4, 0.5) is 0 Å². The van der Waals surface area contributed by atoms with Crippen LogP contribution in [-0.4, -0.2) is 0 Å². The molecule has 1 radical (unpaired) electrons. The van der Waals surface area contributed by atoms with Gasteiger partial charge in [0.2, 0.25) is 0 Å². The molecular weight excluding hydrogens is 216 g/mol. The van der Waals surface area contributed by atoms with E-state index in [1.54, 1.807) is 0 Å². The summed E-state index contributed by atoms with van der Waals surface area (Å²) in [4.78, 5) is 0. The lowest BCUT2D eigenvalue weighted by Gasteiger charge is -2.20. The zero-order valence-corrected chi connectivity index (χ0v) is 11.0. The van der Waals surface area contributed by atoms with Crippen molar-refractivity contribution < 1.29 is 0 Å². The van der Waals surface area contributed by atoms with E-state index in [9.17, 15) is 0 Å². The largest absolute Gasteiger partial charge is 0.0622 e. The summed E-state index contributed by atoms with van der Waals surface area (Å²) in [6.07, 6.45) is 2.12. The van der Waals surface area contributed by atoms with Crippen LogP contribution in [-0.2, 0) is 0 Å². The van der Waals surface area contributed by atoms with Gasteiger partial charge in [0, 0.05) is 0 Å². The first-order valence-electron chi connectivity index (χ1n) is 6.70. The molecule has 2 rings (SSSR count). The van der Waals surface area contributed by atoms with Gasteiger partial charge in [-0.05, 0) is 35.8 Å². The molecule has 2 aromatic rings. The fourth-order valence-electron chi connectivity index (χ4n) is 2.49. The molecule has 2 atom stereocenters. The molecule has 18 heavy (non-hydrogen) atoms. The van der Waals surface area contributed by atoms with Crippen molar-refractivity contribution >= 4 is 0 Å². The summed E-state index contributed by atoms with van der Waals surface area (Å²) >= 11 is 0. The highest BCUT2D eigenvalue weighted by molar-refractivity contribution is 5.23. The van der Waals surface area contributed by atoms with Crippen molar-refractivity contribution in [3.05, 3.63) is 78.7 Å². The molecular formula is C18H21. The monoisotopic (exact) mass is 237 g/mol. The SMILES string of the molecule is [CH2]CC(CC(C)c1ccccc1)c1ccccc1. The molecule has 0 heterocycles. The Morgan fingerprint density at radius 2 is 1.33 bits per heavy atom. The van der Waals surface area contributed by atoms with Crippen molar-refractivity contribution in [1.29, 1.82) is 0 Å². The van der Waals surface area contributed by atoms with E-state index in [0.717, 1.165) is 12.8 Å². The third kappa shape index (κ3) is 3.22. The van der Waals surface area contributed by atoms with Gasteiger partial charge in [-0.1, -0.05) is 74.5 Å². The number of hydrogen-bond donors (Lipinski definition) is 0. The Morgan fingerprint density at radius 1 is 0.833 bits per heavy atom. The van der Waals surface area contributed by atoms with E-state index in [-0.39, 0.29) is 0 Å². The zero-order valence-electron chi connectivity index (χ0n) is 11.0. The quantitative estimate of drug-likeness (QED) is 0.671. The summed E-state index contributed by atoms with van der Waals surface area (Å²) in [5, 5.41) is 0. The van der Waals surface area contributed by atoms with Crippen molar-refractivity contribution in [1.82, 2.24) is 0 Å². The van der Waals surface area contributed by atoms with Gasteiger partial charge in [0.05, 0.1) is 0 Å². The first-order valence-corrected chi connectivity index (χ1v) is 6.70. The van der Waals surface area contributed by atoms with E-state index >= 15 is 0 Å². The number of benzene rings is 2. The summed E-state index contributed by atoms with van der Waals surface area (Å²) in [6, 6.07) is 21.5. The smallest absolute Gasteiger partial charge is 0.0156 e. The van der Waals surface area contributed by atoms with Gasteiger partial charge >= 0.3 is 0 Å². The maximum atomic E-state index is 4.11. The van der Waals surface area contributed by atoms with Gasteiger partial charge in [-0.3, -0.25) is 0 Å². The fraction of sp³-hybridized carbons (Fsp3) is 0.278. The Labute approximate surface area is 111 Å². The van der Waals surface area contributed by atoms with Crippen molar-refractivity contribution in [2.24, 2.45) is 0 Å². The number of hydrogen-bond acceptors (Lipinski definition) is 0. The second-order valence-electron chi connectivity index (χ2n) is 4.94. The molecule has 0 heteroatoms. The summed E-state index contributed by atoms with van der Waals surface area (Å²) < 4.78 is 0. The minimum atomic E-state index is 0.557. The van der Waals surface area contributed by atoms with Crippen LogP contribution in [0, 0.1) is 6.92 Å². The van der Waals surface area contributed by atoms with E-state index < -0.39 is 0 Å². The van der Waals surface area contributed by atoms with Gasteiger partial charge < -0.3 is 0 Å². The first-order chi connectivity index (χ1) is 8.81. The summed E-state index contributed by atoms with van der Waals surface area (Å²) in [7, 11) is 0. The molecule has 0 spiro atoms. The molecule has 0 amide bonds. The Morgan fingerprint density at radius 3 is 1.83 bits per heavy atom. The minimum absolute atomic E-state index is 0.557.